The van der Waals surface area contributed by atoms with E-state index in [4.69, 9.17) is 11.6 Å². The lowest BCUT2D eigenvalue weighted by molar-refractivity contribution is 0.255. The predicted octanol–water partition coefficient (Wildman–Crippen LogP) is 3.46. The summed E-state index contributed by atoms with van der Waals surface area (Å²) in [7, 11) is 0. The number of benzene rings is 1. The molecule has 1 aromatic heterocycles. The average molecular weight is 294 g/mol. The van der Waals surface area contributed by atoms with E-state index >= 15 is 0 Å². The molecule has 3 unspecified atom stereocenters. The third kappa shape index (κ3) is 2.02. The molecule has 1 aromatic carbocycles. The minimum absolute atomic E-state index is 0.545. The van der Waals surface area contributed by atoms with Crippen LogP contribution in [0.1, 0.15) is 12.8 Å². The van der Waals surface area contributed by atoms with E-state index < -0.39 is 0 Å². The fourth-order valence-electron chi connectivity index (χ4n) is 3.37. The number of fused-ring (bicyclic) bond motifs is 3. The van der Waals surface area contributed by atoms with Crippen LogP contribution < -0.4 is 5.32 Å². The number of nitrogens with zero attached hydrogens (tertiary/aromatic N) is 2. The molecular formula is C14H16ClN3S. The van der Waals surface area contributed by atoms with Crippen LogP contribution in [0.3, 0.4) is 0 Å². The molecule has 5 heteroatoms. The molecular weight excluding hydrogens is 278 g/mol. The van der Waals surface area contributed by atoms with Crippen LogP contribution in [-0.2, 0) is 0 Å². The normalized spacial score (nSPS) is 29.8. The standard InChI is InChI=1S/C14H16ClN3S/c15-10-1-2-12-14(16-8-19-12)13(10)17-11-4-6-18-5-3-9(11)7-18/h1-2,8-9,11,17H,3-7H2. The molecule has 3 heterocycles. The van der Waals surface area contributed by atoms with Crippen LogP contribution in [0, 0.1) is 5.92 Å². The fourth-order valence-corrected chi connectivity index (χ4v) is 4.26. The van der Waals surface area contributed by atoms with Crippen molar-refractivity contribution in [3.05, 3.63) is 22.7 Å². The lowest BCUT2D eigenvalue weighted by Crippen LogP contribution is -2.39. The van der Waals surface area contributed by atoms with Crippen molar-refractivity contribution in [2.75, 3.05) is 25.0 Å². The molecule has 2 aromatic rings. The van der Waals surface area contributed by atoms with E-state index in [1.165, 1.54) is 37.2 Å². The number of halogens is 1. The van der Waals surface area contributed by atoms with E-state index in [0.717, 1.165) is 22.1 Å². The first-order valence-corrected chi connectivity index (χ1v) is 8.07. The van der Waals surface area contributed by atoms with Crippen molar-refractivity contribution in [3.8, 4) is 0 Å². The molecule has 100 valence electrons. The Morgan fingerprint density at radius 2 is 2.21 bits per heavy atom. The number of piperidine rings is 1. The summed E-state index contributed by atoms with van der Waals surface area (Å²) in [4.78, 5) is 7.03. The van der Waals surface area contributed by atoms with Crippen molar-refractivity contribution in [1.82, 2.24) is 9.88 Å². The Hall–Kier alpha value is -0.840. The maximum atomic E-state index is 6.37. The number of hydrogen-bond donors (Lipinski definition) is 1. The lowest BCUT2D eigenvalue weighted by atomic mass is 9.94. The van der Waals surface area contributed by atoms with Crippen LogP contribution in [0.25, 0.3) is 10.2 Å². The second-order valence-electron chi connectivity index (χ2n) is 5.51. The van der Waals surface area contributed by atoms with Crippen LogP contribution >= 0.6 is 22.9 Å². The van der Waals surface area contributed by atoms with Gasteiger partial charge < -0.3 is 10.2 Å². The summed E-state index contributed by atoms with van der Waals surface area (Å²) in [6.07, 6.45) is 2.52. The molecule has 0 saturated carbocycles. The summed E-state index contributed by atoms with van der Waals surface area (Å²) < 4.78 is 1.20. The van der Waals surface area contributed by atoms with Crippen molar-refractivity contribution in [3.63, 3.8) is 0 Å². The summed E-state index contributed by atoms with van der Waals surface area (Å²) in [6.45, 7) is 3.71. The highest BCUT2D eigenvalue weighted by Gasteiger charge is 2.34. The minimum atomic E-state index is 0.545. The van der Waals surface area contributed by atoms with Gasteiger partial charge in [-0.1, -0.05) is 11.6 Å². The topological polar surface area (TPSA) is 28.2 Å². The summed E-state index contributed by atoms with van der Waals surface area (Å²) in [5, 5.41) is 4.48. The molecule has 4 rings (SSSR count). The first-order chi connectivity index (χ1) is 9.31. The van der Waals surface area contributed by atoms with Crippen LogP contribution in [0.4, 0.5) is 5.69 Å². The second kappa shape index (κ2) is 4.62. The molecule has 2 aliphatic heterocycles. The number of rotatable bonds is 2. The Bertz CT molecular complexity index is 612. The smallest absolute Gasteiger partial charge is 0.106 e. The molecule has 2 aliphatic rings. The van der Waals surface area contributed by atoms with Gasteiger partial charge in [0, 0.05) is 19.1 Å². The highest BCUT2D eigenvalue weighted by Crippen LogP contribution is 2.36. The van der Waals surface area contributed by atoms with Gasteiger partial charge in [0.25, 0.3) is 0 Å². The van der Waals surface area contributed by atoms with Crippen molar-refractivity contribution >= 4 is 38.8 Å². The number of anilines is 1. The molecule has 0 radical (unpaired) electrons. The fraction of sp³-hybridized carbons (Fsp3) is 0.500. The molecule has 3 nitrogen and oxygen atoms in total. The molecule has 0 aliphatic carbocycles. The van der Waals surface area contributed by atoms with Gasteiger partial charge in [0.15, 0.2) is 0 Å². The third-order valence-corrected chi connectivity index (χ3v) is 5.52. The first kappa shape index (κ1) is 11.9. The largest absolute Gasteiger partial charge is 0.379 e. The first-order valence-electron chi connectivity index (χ1n) is 6.82. The second-order valence-corrected chi connectivity index (χ2v) is 6.80. The van der Waals surface area contributed by atoms with Gasteiger partial charge in [0.05, 0.1) is 20.9 Å². The van der Waals surface area contributed by atoms with Gasteiger partial charge >= 0.3 is 0 Å². The van der Waals surface area contributed by atoms with Gasteiger partial charge in [-0.15, -0.1) is 11.3 Å². The van der Waals surface area contributed by atoms with Crippen LogP contribution in [0.5, 0.6) is 0 Å². The van der Waals surface area contributed by atoms with E-state index in [0.29, 0.717) is 6.04 Å². The minimum Gasteiger partial charge on any atom is -0.379 e. The number of thiazole rings is 1. The number of aromatic nitrogens is 1. The molecule has 0 amide bonds. The van der Waals surface area contributed by atoms with Crippen molar-refractivity contribution < 1.29 is 0 Å². The predicted molar refractivity (Wildman–Crippen MR) is 81.2 cm³/mol. The van der Waals surface area contributed by atoms with E-state index in [-0.39, 0.29) is 0 Å². The Morgan fingerprint density at radius 1 is 1.32 bits per heavy atom. The molecule has 2 fully saturated rings. The summed E-state index contributed by atoms with van der Waals surface area (Å²) in [6, 6.07) is 4.58. The molecule has 3 atom stereocenters. The molecule has 0 spiro atoms. The van der Waals surface area contributed by atoms with E-state index in [1.807, 2.05) is 11.6 Å². The highest BCUT2D eigenvalue weighted by atomic mass is 35.5. The Morgan fingerprint density at radius 3 is 3.16 bits per heavy atom. The SMILES string of the molecule is Clc1ccc2scnc2c1NC1CCN2CCC1C2. The van der Waals surface area contributed by atoms with E-state index in [9.17, 15) is 0 Å². The van der Waals surface area contributed by atoms with Gasteiger partial charge in [-0.05, 0) is 37.4 Å². The summed E-state index contributed by atoms with van der Waals surface area (Å²) >= 11 is 8.04. The van der Waals surface area contributed by atoms with Crippen molar-refractivity contribution in [2.45, 2.75) is 18.9 Å². The van der Waals surface area contributed by atoms with Crippen molar-refractivity contribution in [1.29, 1.82) is 0 Å². The van der Waals surface area contributed by atoms with Crippen LogP contribution in [-0.4, -0.2) is 35.6 Å². The van der Waals surface area contributed by atoms with Crippen LogP contribution in [0.2, 0.25) is 5.02 Å². The zero-order valence-electron chi connectivity index (χ0n) is 10.6. The Balaban J connectivity index is 1.67. The lowest BCUT2D eigenvalue weighted by Gasteiger charge is -2.32. The molecule has 1 N–H and O–H groups in total. The quantitative estimate of drug-likeness (QED) is 0.919. The van der Waals surface area contributed by atoms with Gasteiger partial charge in [-0.25, -0.2) is 4.98 Å². The van der Waals surface area contributed by atoms with Gasteiger partial charge in [0.1, 0.15) is 5.52 Å². The molecule has 2 bridgehead atoms. The zero-order valence-corrected chi connectivity index (χ0v) is 12.2. The van der Waals surface area contributed by atoms with Crippen molar-refractivity contribution in [2.24, 2.45) is 5.92 Å². The van der Waals surface area contributed by atoms with Gasteiger partial charge in [0.2, 0.25) is 0 Å². The highest BCUT2D eigenvalue weighted by molar-refractivity contribution is 7.16. The zero-order chi connectivity index (χ0) is 12.8. The van der Waals surface area contributed by atoms with E-state index in [1.54, 1.807) is 11.3 Å². The Kier molecular flexibility index (Phi) is 2.90. The van der Waals surface area contributed by atoms with Gasteiger partial charge in [-0.2, -0.15) is 0 Å². The molecule has 19 heavy (non-hydrogen) atoms. The number of hydrogen-bond acceptors (Lipinski definition) is 4. The Labute approximate surface area is 121 Å². The monoisotopic (exact) mass is 293 g/mol. The molecule has 2 saturated heterocycles. The van der Waals surface area contributed by atoms with E-state index in [2.05, 4.69) is 21.3 Å². The van der Waals surface area contributed by atoms with Gasteiger partial charge in [-0.3, -0.25) is 0 Å². The number of nitrogens with one attached hydrogen (secondary N) is 1. The third-order valence-electron chi connectivity index (χ3n) is 4.42. The maximum Gasteiger partial charge on any atom is 0.106 e. The maximum absolute atomic E-state index is 6.37. The summed E-state index contributed by atoms with van der Waals surface area (Å²) in [5.74, 6) is 0.763. The average Bonchev–Trinajstić information content (AvgIpc) is 3.03. The van der Waals surface area contributed by atoms with Crippen LogP contribution in [0.15, 0.2) is 17.6 Å². The summed E-state index contributed by atoms with van der Waals surface area (Å²) in [5.41, 5.74) is 3.95.